The Morgan fingerprint density at radius 3 is 2.72 bits per heavy atom. The molecule has 0 amide bonds. The van der Waals surface area contributed by atoms with Crippen molar-refractivity contribution in [3.63, 3.8) is 0 Å². The summed E-state index contributed by atoms with van der Waals surface area (Å²) < 4.78 is 5.85. The first-order valence-corrected chi connectivity index (χ1v) is 9.29. The molecule has 0 spiro atoms. The summed E-state index contributed by atoms with van der Waals surface area (Å²) in [6.07, 6.45) is 1.89. The van der Waals surface area contributed by atoms with Gasteiger partial charge in [-0.1, -0.05) is 32.9 Å². The smallest absolute Gasteiger partial charge is 0.191 e. The van der Waals surface area contributed by atoms with Gasteiger partial charge in [0.1, 0.15) is 17.4 Å². The normalized spacial score (nSPS) is 12.1. The van der Waals surface area contributed by atoms with E-state index in [2.05, 4.69) is 60.4 Å². The van der Waals surface area contributed by atoms with Gasteiger partial charge in [-0.25, -0.2) is 4.98 Å². The molecule has 2 N–H and O–H groups in total. The Hall–Kier alpha value is -2.08. The second kappa shape index (κ2) is 8.85. The number of aryl methyl sites for hydroxylation is 1. The fraction of sp³-hybridized carbons (Fsp3) is 0.474. The topological polar surface area (TPSA) is 58.5 Å². The molecule has 0 atom stereocenters. The number of ether oxygens (including phenoxy) is 1. The maximum absolute atomic E-state index is 5.85. The van der Waals surface area contributed by atoms with Crippen LogP contribution in [0.3, 0.4) is 0 Å². The summed E-state index contributed by atoms with van der Waals surface area (Å²) in [5.74, 6) is 1.65. The van der Waals surface area contributed by atoms with Crippen molar-refractivity contribution in [1.29, 1.82) is 0 Å². The number of aliphatic imine (C=N–C) groups is 1. The second-order valence-electron chi connectivity index (χ2n) is 6.84. The van der Waals surface area contributed by atoms with Crippen LogP contribution in [0.1, 0.15) is 36.2 Å². The van der Waals surface area contributed by atoms with Crippen LogP contribution in [-0.2, 0) is 12.0 Å². The number of guanidine groups is 1. The van der Waals surface area contributed by atoms with E-state index in [9.17, 15) is 0 Å². The van der Waals surface area contributed by atoms with Crippen molar-refractivity contribution in [2.75, 3.05) is 20.2 Å². The summed E-state index contributed by atoms with van der Waals surface area (Å²) in [5.41, 5.74) is 1.40. The Balaban J connectivity index is 1.74. The number of benzene rings is 1. The largest absolute Gasteiger partial charge is 0.492 e. The zero-order chi connectivity index (χ0) is 18.3. The standard InChI is InChI=1S/C19H28N4OS/c1-14-12-22-17(25-14)13-23-18(20-5)21-9-10-24-16-8-6-7-15(11-16)19(2,3)4/h6-8,11-12H,9-10,13H2,1-5H3,(H2,20,21,23). The van der Waals surface area contributed by atoms with Gasteiger partial charge in [-0.2, -0.15) is 0 Å². The molecule has 2 aromatic rings. The molecule has 6 heteroatoms. The molecule has 1 aromatic heterocycles. The summed E-state index contributed by atoms with van der Waals surface area (Å²) >= 11 is 1.69. The van der Waals surface area contributed by atoms with E-state index in [1.807, 2.05) is 18.3 Å². The van der Waals surface area contributed by atoms with Gasteiger partial charge >= 0.3 is 0 Å². The van der Waals surface area contributed by atoms with Crippen molar-refractivity contribution >= 4 is 17.3 Å². The highest BCUT2D eigenvalue weighted by atomic mass is 32.1. The zero-order valence-corrected chi connectivity index (χ0v) is 16.5. The Morgan fingerprint density at radius 1 is 1.28 bits per heavy atom. The van der Waals surface area contributed by atoms with Crippen LogP contribution < -0.4 is 15.4 Å². The average Bonchev–Trinajstić information content (AvgIpc) is 2.99. The molecule has 0 saturated carbocycles. The molecule has 5 nitrogen and oxygen atoms in total. The van der Waals surface area contributed by atoms with Gasteiger partial charge in [0.05, 0.1) is 13.1 Å². The van der Waals surface area contributed by atoms with E-state index in [1.165, 1.54) is 10.4 Å². The third kappa shape index (κ3) is 6.38. The first-order valence-electron chi connectivity index (χ1n) is 8.47. The summed E-state index contributed by atoms with van der Waals surface area (Å²) in [6.45, 7) is 10.6. The first-order chi connectivity index (χ1) is 11.9. The molecule has 0 unspecified atom stereocenters. The number of thiazole rings is 1. The van der Waals surface area contributed by atoms with Gasteiger partial charge in [-0.3, -0.25) is 4.99 Å². The van der Waals surface area contributed by atoms with Gasteiger partial charge in [-0.15, -0.1) is 11.3 Å². The third-order valence-electron chi connectivity index (χ3n) is 3.66. The highest BCUT2D eigenvalue weighted by molar-refractivity contribution is 7.11. The monoisotopic (exact) mass is 360 g/mol. The van der Waals surface area contributed by atoms with Crippen molar-refractivity contribution in [3.8, 4) is 5.75 Å². The van der Waals surface area contributed by atoms with E-state index in [1.54, 1.807) is 18.4 Å². The maximum Gasteiger partial charge on any atom is 0.191 e. The Morgan fingerprint density at radius 2 is 2.08 bits per heavy atom. The average molecular weight is 361 g/mol. The number of nitrogens with zero attached hydrogens (tertiary/aromatic N) is 2. The van der Waals surface area contributed by atoms with E-state index < -0.39 is 0 Å². The minimum atomic E-state index is 0.123. The molecule has 2 rings (SSSR count). The lowest BCUT2D eigenvalue weighted by atomic mass is 9.87. The molecule has 136 valence electrons. The maximum atomic E-state index is 5.85. The summed E-state index contributed by atoms with van der Waals surface area (Å²) in [6, 6.07) is 8.28. The third-order valence-corrected chi connectivity index (χ3v) is 4.58. The van der Waals surface area contributed by atoms with Crippen molar-refractivity contribution in [1.82, 2.24) is 15.6 Å². The lowest BCUT2D eigenvalue weighted by molar-refractivity contribution is 0.321. The number of nitrogens with one attached hydrogen (secondary N) is 2. The molecular formula is C19H28N4OS. The molecule has 0 aliphatic heterocycles. The lowest BCUT2D eigenvalue weighted by Crippen LogP contribution is -2.38. The molecular weight excluding hydrogens is 332 g/mol. The molecule has 0 bridgehead atoms. The van der Waals surface area contributed by atoms with E-state index in [0.717, 1.165) is 16.7 Å². The van der Waals surface area contributed by atoms with Crippen LogP contribution in [0, 0.1) is 6.92 Å². The van der Waals surface area contributed by atoms with Crippen molar-refractivity contribution < 1.29 is 4.74 Å². The summed E-state index contributed by atoms with van der Waals surface area (Å²) in [5, 5.41) is 7.56. The van der Waals surface area contributed by atoms with E-state index >= 15 is 0 Å². The van der Waals surface area contributed by atoms with E-state index in [4.69, 9.17) is 4.74 Å². The minimum absolute atomic E-state index is 0.123. The number of rotatable bonds is 6. The quantitative estimate of drug-likeness (QED) is 0.470. The van der Waals surface area contributed by atoms with Gasteiger partial charge in [0.25, 0.3) is 0 Å². The predicted molar refractivity (Wildman–Crippen MR) is 106 cm³/mol. The molecule has 0 radical (unpaired) electrons. The fourth-order valence-electron chi connectivity index (χ4n) is 2.25. The van der Waals surface area contributed by atoms with Crippen LogP contribution in [0.4, 0.5) is 0 Å². The van der Waals surface area contributed by atoms with E-state index in [0.29, 0.717) is 19.7 Å². The van der Waals surface area contributed by atoms with Gasteiger partial charge in [0.15, 0.2) is 5.96 Å². The minimum Gasteiger partial charge on any atom is -0.492 e. The molecule has 0 aliphatic carbocycles. The van der Waals surface area contributed by atoms with Crippen LogP contribution in [0.5, 0.6) is 5.75 Å². The van der Waals surface area contributed by atoms with Gasteiger partial charge < -0.3 is 15.4 Å². The fourth-order valence-corrected chi connectivity index (χ4v) is 2.98. The first kappa shape index (κ1) is 19.2. The van der Waals surface area contributed by atoms with Gasteiger partial charge in [0.2, 0.25) is 0 Å². The Labute approximate surface area is 154 Å². The molecule has 0 fully saturated rings. The molecule has 0 aliphatic rings. The summed E-state index contributed by atoms with van der Waals surface area (Å²) in [7, 11) is 1.76. The SMILES string of the molecule is CN=C(NCCOc1cccc(C(C)(C)C)c1)NCc1ncc(C)s1. The van der Waals surface area contributed by atoms with Crippen LogP contribution in [0.15, 0.2) is 35.5 Å². The molecule has 1 aromatic carbocycles. The summed E-state index contributed by atoms with van der Waals surface area (Å²) in [4.78, 5) is 9.76. The van der Waals surface area contributed by atoms with Gasteiger partial charge in [0, 0.05) is 18.1 Å². The molecule has 25 heavy (non-hydrogen) atoms. The Kier molecular flexibility index (Phi) is 6.82. The predicted octanol–water partition coefficient (Wildman–Crippen LogP) is 3.49. The highest BCUT2D eigenvalue weighted by Crippen LogP contribution is 2.25. The molecule has 1 heterocycles. The van der Waals surface area contributed by atoms with Crippen molar-refractivity contribution in [3.05, 3.63) is 45.9 Å². The van der Waals surface area contributed by atoms with Crippen LogP contribution in [-0.4, -0.2) is 31.1 Å². The van der Waals surface area contributed by atoms with Crippen LogP contribution in [0.2, 0.25) is 0 Å². The Bertz CT molecular complexity index is 703. The van der Waals surface area contributed by atoms with Crippen LogP contribution >= 0.6 is 11.3 Å². The van der Waals surface area contributed by atoms with Gasteiger partial charge in [-0.05, 0) is 30.0 Å². The van der Waals surface area contributed by atoms with Crippen LogP contribution in [0.25, 0.3) is 0 Å². The zero-order valence-electron chi connectivity index (χ0n) is 15.7. The second-order valence-corrected chi connectivity index (χ2v) is 8.16. The highest BCUT2D eigenvalue weighted by Gasteiger charge is 2.13. The van der Waals surface area contributed by atoms with E-state index in [-0.39, 0.29) is 5.41 Å². The van der Waals surface area contributed by atoms with Crippen molar-refractivity contribution in [2.45, 2.75) is 39.7 Å². The number of hydrogen-bond donors (Lipinski definition) is 2. The number of hydrogen-bond acceptors (Lipinski definition) is 4. The molecule has 0 saturated heterocycles. The lowest BCUT2D eigenvalue weighted by Gasteiger charge is -2.20. The van der Waals surface area contributed by atoms with Crippen molar-refractivity contribution in [2.24, 2.45) is 4.99 Å². The number of aromatic nitrogens is 1.